The monoisotopic (exact) mass is 436 g/mol. The van der Waals surface area contributed by atoms with E-state index >= 15 is 0 Å². The summed E-state index contributed by atoms with van der Waals surface area (Å²) in [6, 6.07) is 8.82. The predicted octanol–water partition coefficient (Wildman–Crippen LogP) is 6.21. The Labute approximate surface area is 177 Å². The van der Waals surface area contributed by atoms with Crippen LogP contribution in [0.1, 0.15) is 71.1 Å². The van der Waals surface area contributed by atoms with Gasteiger partial charge in [-0.25, -0.2) is 4.79 Å². The van der Waals surface area contributed by atoms with Crippen molar-refractivity contribution in [3.8, 4) is 0 Å². The molecule has 1 aliphatic carbocycles. The third-order valence-corrected chi connectivity index (χ3v) is 6.51. The summed E-state index contributed by atoms with van der Waals surface area (Å²) in [5, 5.41) is 12.7. The van der Waals surface area contributed by atoms with Gasteiger partial charge in [-0.2, -0.15) is 13.2 Å². The average molecular weight is 436 g/mol. The normalized spacial score (nSPS) is 19.5. The molecule has 1 heterocycles. The molecule has 0 amide bonds. The maximum Gasteiger partial charge on any atom is 0.416 e. The van der Waals surface area contributed by atoms with Gasteiger partial charge in [0.25, 0.3) is 0 Å². The lowest BCUT2D eigenvalue weighted by atomic mass is 9.95. The molecule has 0 bridgehead atoms. The molecule has 8 heteroatoms. The summed E-state index contributed by atoms with van der Waals surface area (Å²) in [4.78, 5) is 12.1. The number of carboxylic acid groups (broad SMARTS) is 1. The lowest BCUT2D eigenvalue weighted by Crippen LogP contribution is -2.27. The smallest absolute Gasteiger partial charge is 0.416 e. The summed E-state index contributed by atoms with van der Waals surface area (Å²) < 4.78 is 43.0. The lowest BCUT2D eigenvalue weighted by Gasteiger charge is -2.27. The first kappa shape index (κ1) is 21.1. The number of carboxylic acids is 1. The number of anilines is 1. The third kappa shape index (κ3) is 4.75. The molecule has 1 saturated carbocycles. The molecule has 1 unspecified atom stereocenters. The molecular formula is C22H23F3N2O2S. The Morgan fingerprint density at radius 3 is 2.47 bits per heavy atom. The molecule has 4 rings (SSSR count). The molecule has 160 valence electrons. The van der Waals surface area contributed by atoms with Gasteiger partial charge in [0.05, 0.1) is 11.1 Å². The number of rotatable bonds is 6. The van der Waals surface area contributed by atoms with Gasteiger partial charge < -0.3 is 15.1 Å². The highest BCUT2D eigenvalue weighted by atomic mass is 32.2. The van der Waals surface area contributed by atoms with Crippen molar-refractivity contribution < 1.29 is 23.1 Å². The fourth-order valence-corrected chi connectivity index (χ4v) is 4.77. The Morgan fingerprint density at radius 2 is 1.83 bits per heavy atom. The van der Waals surface area contributed by atoms with Crippen molar-refractivity contribution in [1.82, 2.24) is 5.32 Å². The van der Waals surface area contributed by atoms with E-state index in [1.165, 1.54) is 11.9 Å². The molecule has 2 fully saturated rings. The molecule has 0 spiro atoms. The van der Waals surface area contributed by atoms with E-state index < -0.39 is 17.7 Å². The van der Waals surface area contributed by atoms with Gasteiger partial charge in [0.1, 0.15) is 0 Å². The second kappa shape index (κ2) is 8.51. The number of benzene rings is 2. The van der Waals surface area contributed by atoms with Crippen LogP contribution >= 0.6 is 11.9 Å². The van der Waals surface area contributed by atoms with E-state index in [2.05, 4.69) is 10.0 Å². The number of alkyl halides is 3. The summed E-state index contributed by atoms with van der Waals surface area (Å²) in [6.07, 6.45) is 0.606. The van der Waals surface area contributed by atoms with Crippen LogP contribution in [0.15, 0.2) is 41.3 Å². The fraction of sp³-hybridized carbons (Fsp3) is 0.409. The summed E-state index contributed by atoms with van der Waals surface area (Å²) in [6.45, 7) is 0.838. The van der Waals surface area contributed by atoms with E-state index in [1.54, 1.807) is 18.2 Å². The van der Waals surface area contributed by atoms with Gasteiger partial charge in [-0.1, -0.05) is 18.6 Å². The maximum absolute atomic E-state index is 13.3. The van der Waals surface area contributed by atoms with Crippen LogP contribution in [-0.2, 0) is 6.18 Å². The van der Waals surface area contributed by atoms with Crippen molar-refractivity contribution >= 4 is 23.6 Å². The quantitative estimate of drug-likeness (QED) is 0.470. The molecule has 0 aromatic heterocycles. The maximum atomic E-state index is 13.3. The van der Waals surface area contributed by atoms with E-state index in [-0.39, 0.29) is 11.6 Å². The SMILES string of the molecule is O=C(O)c1ccc(C2CC2)c(SNc2cc(C(F)(F)F)ccc2C2CCCCN2)c1. The Kier molecular flexibility index (Phi) is 5.97. The van der Waals surface area contributed by atoms with Gasteiger partial charge in [-0.3, -0.25) is 0 Å². The van der Waals surface area contributed by atoms with Crippen LogP contribution in [0, 0.1) is 0 Å². The van der Waals surface area contributed by atoms with E-state index in [0.717, 1.165) is 66.8 Å². The Hall–Kier alpha value is -2.19. The van der Waals surface area contributed by atoms with Crippen molar-refractivity contribution in [1.29, 1.82) is 0 Å². The third-order valence-electron chi connectivity index (χ3n) is 5.61. The van der Waals surface area contributed by atoms with Crippen molar-refractivity contribution in [2.75, 3.05) is 11.3 Å². The number of piperidine rings is 1. The van der Waals surface area contributed by atoms with Gasteiger partial charge in [0.2, 0.25) is 0 Å². The first-order chi connectivity index (χ1) is 14.3. The predicted molar refractivity (Wildman–Crippen MR) is 111 cm³/mol. The number of halogens is 3. The molecule has 3 N–H and O–H groups in total. The van der Waals surface area contributed by atoms with Crippen molar-refractivity contribution in [3.05, 3.63) is 58.7 Å². The first-order valence-electron chi connectivity index (χ1n) is 10.1. The van der Waals surface area contributed by atoms with E-state index in [4.69, 9.17) is 0 Å². The number of hydrogen-bond acceptors (Lipinski definition) is 4. The summed E-state index contributed by atoms with van der Waals surface area (Å²) in [5.41, 5.74) is 1.73. The molecule has 30 heavy (non-hydrogen) atoms. The van der Waals surface area contributed by atoms with Crippen LogP contribution in [0.3, 0.4) is 0 Å². The van der Waals surface area contributed by atoms with Gasteiger partial charge in [0.15, 0.2) is 0 Å². The second-order valence-corrected chi connectivity index (χ2v) is 8.69. The second-order valence-electron chi connectivity index (χ2n) is 7.84. The topological polar surface area (TPSA) is 61.4 Å². The summed E-state index contributed by atoms with van der Waals surface area (Å²) in [5.74, 6) is -0.636. The summed E-state index contributed by atoms with van der Waals surface area (Å²) >= 11 is 1.19. The van der Waals surface area contributed by atoms with E-state index in [0.29, 0.717) is 11.6 Å². The zero-order valence-electron chi connectivity index (χ0n) is 16.3. The van der Waals surface area contributed by atoms with Crippen molar-refractivity contribution in [2.45, 2.75) is 55.1 Å². The Bertz CT molecular complexity index is 938. The molecular weight excluding hydrogens is 413 g/mol. The lowest BCUT2D eigenvalue weighted by molar-refractivity contribution is -0.137. The number of nitrogens with one attached hydrogen (secondary N) is 2. The first-order valence-corrected chi connectivity index (χ1v) is 10.9. The zero-order valence-corrected chi connectivity index (χ0v) is 17.1. The molecule has 1 aliphatic heterocycles. The molecule has 1 atom stereocenters. The highest BCUT2D eigenvalue weighted by Gasteiger charge is 2.32. The van der Waals surface area contributed by atoms with Crippen molar-refractivity contribution in [2.24, 2.45) is 0 Å². The average Bonchev–Trinajstić information content (AvgIpc) is 3.57. The van der Waals surface area contributed by atoms with Crippen LogP contribution in [0.25, 0.3) is 0 Å². The summed E-state index contributed by atoms with van der Waals surface area (Å²) in [7, 11) is 0. The Balaban J connectivity index is 1.64. The molecule has 0 radical (unpaired) electrons. The van der Waals surface area contributed by atoms with Crippen LogP contribution in [0.2, 0.25) is 0 Å². The van der Waals surface area contributed by atoms with Crippen molar-refractivity contribution in [3.63, 3.8) is 0 Å². The van der Waals surface area contributed by atoms with Crippen LogP contribution in [0.5, 0.6) is 0 Å². The highest BCUT2D eigenvalue weighted by Crippen LogP contribution is 2.45. The van der Waals surface area contributed by atoms with Gasteiger partial charge in [-0.15, -0.1) is 0 Å². The molecule has 1 saturated heterocycles. The molecule has 2 aromatic rings. The minimum absolute atomic E-state index is 0.00242. The van der Waals surface area contributed by atoms with Crippen LogP contribution in [0.4, 0.5) is 18.9 Å². The van der Waals surface area contributed by atoms with Gasteiger partial charge >= 0.3 is 12.1 Å². The number of hydrogen-bond donors (Lipinski definition) is 3. The van der Waals surface area contributed by atoms with Crippen LogP contribution in [-0.4, -0.2) is 17.6 Å². The van der Waals surface area contributed by atoms with E-state index in [1.807, 2.05) is 6.07 Å². The van der Waals surface area contributed by atoms with Crippen LogP contribution < -0.4 is 10.0 Å². The standard InChI is InChI=1S/C22H23F3N2O2S/c23-22(24,25)15-7-9-17(18-3-1-2-10-26-18)19(12-15)27-30-20-11-14(21(28)29)6-8-16(20)13-4-5-13/h6-9,11-13,18,26-27H,1-5,10H2,(H,28,29). The number of carbonyl (C=O) groups is 1. The largest absolute Gasteiger partial charge is 0.478 e. The van der Waals surface area contributed by atoms with Gasteiger partial charge in [-0.05, 0) is 85.5 Å². The van der Waals surface area contributed by atoms with Gasteiger partial charge in [0, 0.05) is 16.6 Å². The Morgan fingerprint density at radius 1 is 1.07 bits per heavy atom. The molecule has 2 aliphatic rings. The highest BCUT2D eigenvalue weighted by molar-refractivity contribution is 8.00. The minimum atomic E-state index is -4.43. The van der Waals surface area contributed by atoms with E-state index in [9.17, 15) is 23.1 Å². The molecule has 4 nitrogen and oxygen atoms in total. The molecule has 2 aromatic carbocycles. The fourth-order valence-electron chi connectivity index (χ4n) is 3.84. The zero-order chi connectivity index (χ0) is 21.3. The number of aromatic carboxylic acids is 1. The minimum Gasteiger partial charge on any atom is -0.478 e.